The van der Waals surface area contributed by atoms with Gasteiger partial charge < -0.3 is 0 Å². The van der Waals surface area contributed by atoms with E-state index >= 15 is 0 Å². The maximum absolute atomic E-state index is 12.8. The minimum atomic E-state index is -0.127. The fourth-order valence-corrected chi connectivity index (χ4v) is 2.09. The number of benzene rings is 1. The van der Waals surface area contributed by atoms with E-state index < -0.39 is 0 Å². The van der Waals surface area contributed by atoms with Crippen LogP contribution in [0.4, 0.5) is 4.39 Å². The molecule has 0 nitrogen and oxygen atoms in total. The minimum Gasteiger partial charge on any atom is -0.195 e. The van der Waals surface area contributed by atoms with Crippen LogP contribution in [0.1, 0.15) is 11.1 Å². The number of aryl methyl sites for hydroxylation is 2. The van der Waals surface area contributed by atoms with Gasteiger partial charge in [0.1, 0.15) is 0 Å². The Morgan fingerprint density at radius 3 is 2.36 bits per heavy atom. The average molecular weight is 206 g/mol. The lowest BCUT2D eigenvalue weighted by atomic mass is 10.1. The summed E-state index contributed by atoms with van der Waals surface area (Å²) in [6, 6.07) is 9.54. The van der Waals surface area contributed by atoms with Gasteiger partial charge in [0.2, 0.25) is 0 Å². The summed E-state index contributed by atoms with van der Waals surface area (Å²) in [4.78, 5) is 0.991. The zero-order valence-corrected chi connectivity index (χ0v) is 8.99. The minimum absolute atomic E-state index is 0.127. The second kappa shape index (κ2) is 3.54. The predicted octanol–water partition coefficient (Wildman–Crippen LogP) is 4.17. The van der Waals surface area contributed by atoms with Crippen LogP contribution in [0.3, 0.4) is 0 Å². The molecule has 1 aromatic carbocycles. The van der Waals surface area contributed by atoms with Gasteiger partial charge in [-0.25, -0.2) is 0 Å². The largest absolute Gasteiger partial charge is 0.195 e. The fourth-order valence-electron chi connectivity index (χ4n) is 1.36. The summed E-state index contributed by atoms with van der Waals surface area (Å²) in [5.74, 6) is 0. The van der Waals surface area contributed by atoms with Crippen LogP contribution in [-0.2, 0) is 0 Å². The standard InChI is InChI=1S/C12H11FS/c1-8-3-4-10(7-9(8)2)11-5-6-12(13)14-11/h3-7H,1-2H3. The van der Waals surface area contributed by atoms with Gasteiger partial charge in [-0.2, -0.15) is 4.39 Å². The van der Waals surface area contributed by atoms with Crippen molar-refractivity contribution in [3.8, 4) is 10.4 Å². The molecule has 0 aliphatic heterocycles. The molecule has 2 aromatic rings. The number of hydrogen-bond donors (Lipinski definition) is 0. The fraction of sp³-hybridized carbons (Fsp3) is 0.167. The van der Waals surface area contributed by atoms with Crippen LogP contribution in [0.25, 0.3) is 10.4 Å². The van der Waals surface area contributed by atoms with Gasteiger partial charge in [-0.1, -0.05) is 18.2 Å². The summed E-state index contributed by atoms with van der Waals surface area (Å²) in [5.41, 5.74) is 3.61. The molecule has 0 saturated heterocycles. The highest BCUT2D eigenvalue weighted by atomic mass is 32.1. The topological polar surface area (TPSA) is 0 Å². The second-order valence-corrected chi connectivity index (χ2v) is 4.44. The monoisotopic (exact) mass is 206 g/mol. The molecule has 0 unspecified atom stereocenters. The van der Waals surface area contributed by atoms with Crippen LogP contribution in [0.5, 0.6) is 0 Å². The molecule has 2 heteroatoms. The van der Waals surface area contributed by atoms with Gasteiger partial charge in [0.15, 0.2) is 5.13 Å². The lowest BCUT2D eigenvalue weighted by Gasteiger charge is -2.02. The van der Waals surface area contributed by atoms with Crippen molar-refractivity contribution >= 4 is 11.3 Å². The lowest BCUT2D eigenvalue weighted by Crippen LogP contribution is -1.80. The summed E-state index contributed by atoms with van der Waals surface area (Å²) in [6.45, 7) is 4.15. The van der Waals surface area contributed by atoms with Crippen molar-refractivity contribution in [3.63, 3.8) is 0 Å². The highest BCUT2D eigenvalue weighted by molar-refractivity contribution is 7.13. The number of hydrogen-bond acceptors (Lipinski definition) is 1. The molecule has 72 valence electrons. The van der Waals surface area contributed by atoms with E-state index in [2.05, 4.69) is 26.0 Å². The Morgan fingerprint density at radius 2 is 1.79 bits per heavy atom. The molecule has 0 atom stereocenters. The Balaban J connectivity index is 2.47. The third kappa shape index (κ3) is 1.70. The van der Waals surface area contributed by atoms with E-state index in [0.717, 1.165) is 10.4 Å². The van der Waals surface area contributed by atoms with Gasteiger partial charge in [0.05, 0.1) is 0 Å². The van der Waals surface area contributed by atoms with Crippen molar-refractivity contribution in [1.29, 1.82) is 0 Å². The SMILES string of the molecule is Cc1ccc(-c2ccc(F)s2)cc1C. The van der Waals surface area contributed by atoms with Crippen LogP contribution in [0.2, 0.25) is 0 Å². The molecule has 14 heavy (non-hydrogen) atoms. The van der Waals surface area contributed by atoms with E-state index in [1.54, 1.807) is 0 Å². The van der Waals surface area contributed by atoms with Gasteiger partial charge in [-0.05, 0) is 42.7 Å². The van der Waals surface area contributed by atoms with Gasteiger partial charge in [0, 0.05) is 4.88 Å². The molecule has 0 saturated carbocycles. The van der Waals surface area contributed by atoms with Crippen LogP contribution in [-0.4, -0.2) is 0 Å². The summed E-state index contributed by atoms with van der Waals surface area (Å²) in [6.07, 6.45) is 0. The first-order chi connectivity index (χ1) is 6.66. The maximum atomic E-state index is 12.8. The van der Waals surface area contributed by atoms with Crippen LogP contribution >= 0.6 is 11.3 Å². The van der Waals surface area contributed by atoms with Gasteiger partial charge in [-0.3, -0.25) is 0 Å². The Hall–Kier alpha value is -1.15. The highest BCUT2D eigenvalue weighted by Crippen LogP contribution is 2.28. The second-order valence-electron chi connectivity index (χ2n) is 3.40. The Kier molecular flexibility index (Phi) is 2.38. The van der Waals surface area contributed by atoms with Crippen molar-refractivity contribution in [2.24, 2.45) is 0 Å². The predicted molar refractivity (Wildman–Crippen MR) is 59.2 cm³/mol. The first-order valence-corrected chi connectivity index (χ1v) is 5.31. The van der Waals surface area contributed by atoms with E-state index in [9.17, 15) is 4.39 Å². The molecular formula is C12H11FS. The zero-order chi connectivity index (χ0) is 10.1. The van der Waals surface area contributed by atoms with Gasteiger partial charge >= 0.3 is 0 Å². The normalized spacial score (nSPS) is 10.5. The van der Waals surface area contributed by atoms with E-state index in [1.807, 2.05) is 12.1 Å². The van der Waals surface area contributed by atoms with E-state index in [1.165, 1.54) is 28.5 Å². The molecule has 0 fully saturated rings. The number of halogens is 1. The van der Waals surface area contributed by atoms with E-state index in [4.69, 9.17) is 0 Å². The van der Waals surface area contributed by atoms with Crippen LogP contribution in [0.15, 0.2) is 30.3 Å². The Labute approximate surface area is 87.0 Å². The molecular weight excluding hydrogens is 195 g/mol. The third-order valence-corrected chi connectivity index (χ3v) is 3.29. The van der Waals surface area contributed by atoms with Crippen LogP contribution < -0.4 is 0 Å². The maximum Gasteiger partial charge on any atom is 0.176 e. The van der Waals surface area contributed by atoms with Crippen molar-refractivity contribution < 1.29 is 4.39 Å². The molecule has 0 aliphatic rings. The van der Waals surface area contributed by atoms with Crippen molar-refractivity contribution in [3.05, 3.63) is 46.6 Å². The molecule has 1 heterocycles. The summed E-state index contributed by atoms with van der Waals surface area (Å²) in [7, 11) is 0. The van der Waals surface area contributed by atoms with E-state index in [-0.39, 0.29) is 5.13 Å². The molecule has 0 radical (unpaired) electrons. The molecule has 1 aromatic heterocycles. The van der Waals surface area contributed by atoms with Gasteiger partial charge in [-0.15, -0.1) is 11.3 Å². The Morgan fingerprint density at radius 1 is 1.00 bits per heavy atom. The summed E-state index contributed by atoms with van der Waals surface area (Å²) in [5, 5.41) is -0.127. The van der Waals surface area contributed by atoms with Gasteiger partial charge in [0.25, 0.3) is 0 Å². The average Bonchev–Trinajstić information content (AvgIpc) is 2.57. The lowest BCUT2D eigenvalue weighted by molar-refractivity contribution is 0.657. The molecule has 0 aliphatic carbocycles. The summed E-state index contributed by atoms with van der Waals surface area (Å²) >= 11 is 1.19. The quantitative estimate of drug-likeness (QED) is 0.657. The van der Waals surface area contributed by atoms with Crippen molar-refractivity contribution in [1.82, 2.24) is 0 Å². The molecule has 2 rings (SSSR count). The highest BCUT2D eigenvalue weighted by Gasteiger charge is 2.03. The first kappa shape index (κ1) is 9.41. The smallest absolute Gasteiger partial charge is 0.176 e. The van der Waals surface area contributed by atoms with Crippen molar-refractivity contribution in [2.45, 2.75) is 13.8 Å². The zero-order valence-electron chi connectivity index (χ0n) is 8.17. The molecule has 0 bridgehead atoms. The summed E-state index contributed by atoms with van der Waals surface area (Å²) < 4.78 is 12.8. The van der Waals surface area contributed by atoms with Crippen molar-refractivity contribution in [2.75, 3.05) is 0 Å². The van der Waals surface area contributed by atoms with E-state index in [0.29, 0.717) is 0 Å². The number of thiophene rings is 1. The third-order valence-electron chi connectivity index (χ3n) is 2.36. The molecule has 0 N–H and O–H groups in total. The van der Waals surface area contributed by atoms with Crippen LogP contribution in [0, 0.1) is 19.0 Å². The molecule has 0 amide bonds. The first-order valence-electron chi connectivity index (χ1n) is 4.50. The Bertz CT molecular complexity index is 457. The number of rotatable bonds is 1. The molecule has 0 spiro atoms.